The fourth-order valence-corrected chi connectivity index (χ4v) is 4.12. The molecule has 40 heavy (non-hydrogen) atoms. The van der Waals surface area contributed by atoms with E-state index in [2.05, 4.69) is 5.32 Å². The standard InChI is InChI=1S/C30H25N3O7/c1-39-29(35)24-16-15-22(18-25(24)30(36)40-2)32(19-20-9-4-3-5-10-20)27-14-7-6-13-26(27)31-28(34)21-11-8-12-23(17-21)33(37)38/h3-18H,19H2,1-2H3,(H,31,34). The average Bonchev–Trinajstić information content (AvgIpc) is 2.99. The van der Waals surface area contributed by atoms with Crippen molar-refractivity contribution in [3.63, 3.8) is 0 Å². The summed E-state index contributed by atoms with van der Waals surface area (Å²) in [5, 5.41) is 14.0. The highest BCUT2D eigenvalue weighted by Gasteiger charge is 2.23. The number of amides is 1. The molecule has 1 N–H and O–H groups in total. The lowest BCUT2D eigenvalue weighted by Crippen LogP contribution is -2.21. The van der Waals surface area contributed by atoms with E-state index in [1.54, 1.807) is 30.3 Å². The average molecular weight is 540 g/mol. The van der Waals surface area contributed by atoms with Crippen molar-refractivity contribution in [2.24, 2.45) is 0 Å². The molecular formula is C30H25N3O7. The van der Waals surface area contributed by atoms with E-state index in [9.17, 15) is 24.5 Å². The SMILES string of the molecule is COC(=O)c1ccc(N(Cc2ccccc2)c2ccccc2NC(=O)c2cccc([N+](=O)[O-])c2)cc1C(=O)OC. The van der Waals surface area contributed by atoms with Crippen molar-refractivity contribution in [2.45, 2.75) is 6.54 Å². The molecule has 0 saturated heterocycles. The number of methoxy groups -OCH3 is 2. The van der Waals surface area contributed by atoms with Gasteiger partial charge in [-0.2, -0.15) is 0 Å². The third-order valence-electron chi connectivity index (χ3n) is 6.07. The van der Waals surface area contributed by atoms with Gasteiger partial charge in [0.2, 0.25) is 0 Å². The zero-order valence-corrected chi connectivity index (χ0v) is 21.7. The van der Waals surface area contributed by atoms with Gasteiger partial charge in [-0.3, -0.25) is 14.9 Å². The molecule has 10 heteroatoms. The van der Waals surface area contributed by atoms with Crippen LogP contribution in [0, 0.1) is 10.1 Å². The Morgan fingerprint density at radius 1 is 0.800 bits per heavy atom. The van der Waals surface area contributed by atoms with Gasteiger partial charge in [0.1, 0.15) is 0 Å². The number of hydrogen-bond acceptors (Lipinski definition) is 8. The van der Waals surface area contributed by atoms with Crippen LogP contribution in [0.25, 0.3) is 0 Å². The van der Waals surface area contributed by atoms with Crippen molar-refractivity contribution in [3.8, 4) is 0 Å². The Kier molecular flexibility index (Phi) is 8.50. The first-order valence-electron chi connectivity index (χ1n) is 12.1. The Balaban J connectivity index is 1.80. The summed E-state index contributed by atoms with van der Waals surface area (Å²) in [6.45, 7) is 0.336. The molecule has 0 heterocycles. The van der Waals surface area contributed by atoms with E-state index < -0.39 is 22.8 Å². The predicted molar refractivity (Wildman–Crippen MR) is 149 cm³/mol. The van der Waals surface area contributed by atoms with E-state index in [1.807, 2.05) is 35.2 Å². The molecular weight excluding hydrogens is 514 g/mol. The van der Waals surface area contributed by atoms with Crippen LogP contribution in [0.1, 0.15) is 36.6 Å². The molecule has 202 valence electrons. The number of para-hydroxylation sites is 2. The van der Waals surface area contributed by atoms with E-state index in [4.69, 9.17) is 9.47 Å². The van der Waals surface area contributed by atoms with Crippen LogP contribution < -0.4 is 10.2 Å². The fraction of sp³-hybridized carbons (Fsp3) is 0.100. The van der Waals surface area contributed by atoms with E-state index in [-0.39, 0.29) is 22.4 Å². The molecule has 0 aromatic heterocycles. The highest BCUT2D eigenvalue weighted by Crippen LogP contribution is 2.35. The summed E-state index contributed by atoms with van der Waals surface area (Å²) in [5.74, 6) is -1.94. The summed E-state index contributed by atoms with van der Waals surface area (Å²) < 4.78 is 9.74. The molecule has 0 atom stereocenters. The molecule has 4 aromatic carbocycles. The first kappa shape index (κ1) is 27.5. The first-order valence-corrected chi connectivity index (χ1v) is 12.1. The number of nitro benzene ring substituents is 1. The smallest absolute Gasteiger partial charge is 0.338 e. The van der Waals surface area contributed by atoms with E-state index >= 15 is 0 Å². The van der Waals surface area contributed by atoms with E-state index in [1.165, 1.54) is 50.6 Å². The van der Waals surface area contributed by atoms with Crippen LogP contribution in [0.3, 0.4) is 0 Å². The number of nitro groups is 1. The molecule has 0 spiro atoms. The number of anilines is 3. The van der Waals surface area contributed by atoms with Crippen LogP contribution in [0.2, 0.25) is 0 Å². The molecule has 10 nitrogen and oxygen atoms in total. The first-order chi connectivity index (χ1) is 19.3. The maximum atomic E-state index is 13.1. The van der Waals surface area contributed by atoms with Gasteiger partial charge in [-0.1, -0.05) is 48.5 Å². The molecule has 0 aliphatic carbocycles. The van der Waals surface area contributed by atoms with Gasteiger partial charge in [0.25, 0.3) is 11.6 Å². The van der Waals surface area contributed by atoms with Crippen LogP contribution >= 0.6 is 0 Å². The number of non-ortho nitro benzene ring substituents is 1. The molecule has 4 rings (SSSR count). The van der Waals surface area contributed by atoms with Crippen molar-refractivity contribution >= 4 is 40.6 Å². The van der Waals surface area contributed by atoms with Gasteiger partial charge in [0.15, 0.2) is 0 Å². The molecule has 0 bridgehead atoms. The molecule has 0 aliphatic heterocycles. The number of carbonyl (C=O) groups is 3. The quantitative estimate of drug-likeness (QED) is 0.162. The zero-order chi connectivity index (χ0) is 28.6. The fourth-order valence-electron chi connectivity index (χ4n) is 4.12. The van der Waals surface area contributed by atoms with Gasteiger partial charge >= 0.3 is 11.9 Å². The van der Waals surface area contributed by atoms with Gasteiger partial charge in [-0.15, -0.1) is 0 Å². The van der Waals surface area contributed by atoms with Gasteiger partial charge in [0, 0.05) is 29.9 Å². The number of hydrogen-bond donors (Lipinski definition) is 1. The number of carbonyl (C=O) groups excluding carboxylic acids is 3. The van der Waals surface area contributed by atoms with Gasteiger partial charge in [0.05, 0.1) is 41.6 Å². The van der Waals surface area contributed by atoms with Crippen LogP contribution in [0.5, 0.6) is 0 Å². The van der Waals surface area contributed by atoms with Crippen LogP contribution in [0.4, 0.5) is 22.7 Å². The van der Waals surface area contributed by atoms with Gasteiger partial charge < -0.3 is 19.7 Å². The lowest BCUT2D eigenvalue weighted by molar-refractivity contribution is -0.384. The van der Waals surface area contributed by atoms with Gasteiger partial charge in [-0.25, -0.2) is 9.59 Å². The minimum atomic E-state index is -0.714. The van der Waals surface area contributed by atoms with Gasteiger partial charge in [-0.05, 0) is 42.0 Å². The maximum Gasteiger partial charge on any atom is 0.338 e. The number of nitrogens with zero attached hydrogens (tertiary/aromatic N) is 2. The minimum Gasteiger partial charge on any atom is -0.465 e. The molecule has 4 aromatic rings. The Morgan fingerprint density at radius 3 is 2.17 bits per heavy atom. The summed E-state index contributed by atoms with van der Waals surface area (Å²) in [5.41, 5.74) is 2.45. The van der Waals surface area contributed by atoms with Crippen molar-refractivity contribution < 1.29 is 28.8 Å². The summed E-state index contributed by atoms with van der Waals surface area (Å²) in [6, 6.07) is 26.7. The lowest BCUT2D eigenvalue weighted by Gasteiger charge is -2.28. The van der Waals surface area contributed by atoms with Crippen LogP contribution in [-0.2, 0) is 16.0 Å². The monoisotopic (exact) mass is 539 g/mol. The summed E-state index contributed by atoms with van der Waals surface area (Å²) in [6.07, 6.45) is 0. The minimum absolute atomic E-state index is 0.0167. The van der Waals surface area contributed by atoms with Crippen molar-refractivity contribution in [3.05, 3.63) is 129 Å². The maximum absolute atomic E-state index is 13.1. The second-order valence-electron chi connectivity index (χ2n) is 8.56. The van der Waals surface area contributed by atoms with Crippen molar-refractivity contribution in [1.82, 2.24) is 0 Å². The normalized spacial score (nSPS) is 10.3. The molecule has 1 amide bonds. The Bertz CT molecular complexity index is 1570. The van der Waals surface area contributed by atoms with Crippen LogP contribution in [-0.4, -0.2) is 37.0 Å². The van der Waals surface area contributed by atoms with Crippen LogP contribution in [0.15, 0.2) is 97.1 Å². The lowest BCUT2D eigenvalue weighted by atomic mass is 10.0. The summed E-state index contributed by atoms with van der Waals surface area (Å²) in [4.78, 5) is 50.6. The Labute approximate surface area is 229 Å². The molecule has 0 aliphatic rings. The summed E-state index contributed by atoms with van der Waals surface area (Å²) in [7, 11) is 2.44. The second kappa shape index (κ2) is 12.4. The number of esters is 2. The third-order valence-corrected chi connectivity index (χ3v) is 6.07. The van der Waals surface area contributed by atoms with E-state index in [0.29, 0.717) is 23.6 Å². The third kappa shape index (κ3) is 6.13. The Morgan fingerprint density at radius 2 is 1.48 bits per heavy atom. The van der Waals surface area contributed by atoms with Crippen molar-refractivity contribution in [1.29, 1.82) is 0 Å². The second-order valence-corrected chi connectivity index (χ2v) is 8.56. The predicted octanol–water partition coefficient (Wildman–Crippen LogP) is 5.76. The zero-order valence-electron chi connectivity index (χ0n) is 21.7. The number of nitrogens with one attached hydrogen (secondary N) is 1. The number of ether oxygens (including phenoxy) is 2. The molecule has 0 unspecified atom stereocenters. The van der Waals surface area contributed by atoms with Crippen molar-refractivity contribution in [2.75, 3.05) is 24.4 Å². The Hall–Kier alpha value is -5.51. The molecule has 0 saturated carbocycles. The number of rotatable bonds is 9. The highest BCUT2D eigenvalue weighted by atomic mass is 16.6. The topological polar surface area (TPSA) is 128 Å². The number of benzene rings is 4. The highest BCUT2D eigenvalue weighted by molar-refractivity contribution is 6.07. The molecule has 0 radical (unpaired) electrons. The molecule has 0 fully saturated rings. The largest absolute Gasteiger partial charge is 0.465 e. The summed E-state index contributed by atoms with van der Waals surface area (Å²) >= 11 is 0. The van der Waals surface area contributed by atoms with E-state index in [0.717, 1.165) is 5.56 Å².